The van der Waals surface area contributed by atoms with Gasteiger partial charge in [0.05, 0.1) is 0 Å². The van der Waals surface area contributed by atoms with Gasteiger partial charge in [-0.2, -0.15) is 0 Å². The Kier molecular flexibility index (Phi) is 4.32. The third-order valence-electron chi connectivity index (χ3n) is 3.06. The number of nitrogens with zero attached hydrogens (tertiary/aromatic N) is 1. The van der Waals surface area contributed by atoms with E-state index in [-0.39, 0.29) is 0 Å². The van der Waals surface area contributed by atoms with Crippen LogP contribution in [0.1, 0.15) is 39.5 Å². The Morgan fingerprint density at radius 1 is 1.38 bits per heavy atom. The molecule has 0 aromatic heterocycles. The van der Waals surface area contributed by atoms with Crippen molar-refractivity contribution in [1.29, 1.82) is 0 Å². The van der Waals surface area contributed by atoms with E-state index < -0.39 is 0 Å². The summed E-state index contributed by atoms with van der Waals surface area (Å²) in [6.45, 7) is 5.41. The summed E-state index contributed by atoms with van der Waals surface area (Å²) in [6.07, 6.45) is 5.21. The second kappa shape index (κ2) is 5.29. The van der Waals surface area contributed by atoms with Crippen molar-refractivity contribution >= 4 is 0 Å². The van der Waals surface area contributed by atoms with Crippen LogP contribution >= 0.6 is 0 Å². The normalized spacial score (nSPS) is 27.4. The average Bonchev–Trinajstić information content (AvgIpc) is 2.52. The van der Waals surface area contributed by atoms with E-state index in [9.17, 15) is 0 Å². The first kappa shape index (κ1) is 10.6. The molecule has 1 nitrogen and oxygen atoms in total. The van der Waals surface area contributed by atoms with Gasteiger partial charge in [0.2, 0.25) is 0 Å². The van der Waals surface area contributed by atoms with E-state index >= 15 is 0 Å². The Morgan fingerprint density at radius 2 is 2.15 bits per heavy atom. The Morgan fingerprint density at radius 3 is 2.69 bits per heavy atom. The van der Waals surface area contributed by atoms with Crippen molar-refractivity contribution in [2.45, 2.75) is 45.6 Å². The first-order valence-corrected chi connectivity index (χ1v) is 5.34. The molecule has 0 aliphatic heterocycles. The van der Waals surface area contributed by atoms with E-state index in [4.69, 9.17) is 0 Å². The van der Waals surface area contributed by atoms with Crippen molar-refractivity contribution < 1.29 is 0 Å². The van der Waals surface area contributed by atoms with Crippen molar-refractivity contribution in [3.05, 3.63) is 0 Å². The molecule has 0 heterocycles. The second-order valence-electron chi connectivity index (χ2n) is 4.23. The molecule has 74 valence electrons. The first-order chi connectivity index (χ1) is 6.24. The van der Waals surface area contributed by atoms with Gasteiger partial charge in [-0.3, -0.25) is 0 Å². The van der Waals surface area contributed by atoms with E-state index in [2.05, 4.69) is 30.7 Å². The molecule has 1 heteroatoms. The van der Waals surface area contributed by atoms with Crippen molar-refractivity contribution in [2.24, 2.45) is 5.92 Å². The van der Waals surface area contributed by atoms with Crippen LogP contribution < -0.4 is 0 Å². The fraction of sp³-hybridized carbons (Fsp3) is 0.833. The third kappa shape index (κ3) is 3.40. The molecule has 0 saturated heterocycles. The highest BCUT2D eigenvalue weighted by molar-refractivity contribution is 4.95. The lowest BCUT2D eigenvalue weighted by molar-refractivity contribution is 0.247. The van der Waals surface area contributed by atoms with Crippen LogP contribution in [0.15, 0.2) is 0 Å². The maximum absolute atomic E-state index is 3.12. The molecule has 1 aliphatic carbocycles. The minimum Gasteiger partial charge on any atom is -0.302 e. The van der Waals surface area contributed by atoms with Crippen LogP contribution in [-0.4, -0.2) is 24.5 Å². The Bertz CT molecular complexity index is 199. The molecular weight excluding hydrogens is 158 g/mol. The molecular formula is C12H21N. The van der Waals surface area contributed by atoms with Crippen LogP contribution in [0.5, 0.6) is 0 Å². The quantitative estimate of drug-likeness (QED) is 0.602. The predicted octanol–water partition coefficient (Wildman–Crippen LogP) is 2.52. The van der Waals surface area contributed by atoms with E-state index in [1.807, 2.05) is 6.92 Å². The molecule has 0 aromatic rings. The molecule has 0 amide bonds. The van der Waals surface area contributed by atoms with Crippen LogP contribution in [0, 0.1) is 17.8 Å². The van der Waals surface area contributed by atoms with Gasteiger partial charge in [0.1, 0.15) is 0 Å². The highest BCUT2D eigenvalue weighted by Crippen LogP contribution is 2.27. The molecule has 13 heavy (non-hydrogen) atoms. The van der Waals surface area contributed by atoms with Crippen LogP contribution in [-0.2, 0) is 0 Å². The van der Waals surface area contributed by atoms with Crippen LogP contribution in [0.25, 0.3) is 0 Å². The van der Waals surface area contributed by atoms with Gasteiger partial charge in [-0.1, -0.05) is 6.92 Å². The van der Waals surface area contributed by atoms with E-state index in [1.54, 1.807) is 0 Å². The van der Waals surface area contributed by atoms with Crippen LogP contribution in [0.2, 0.25) is 0 Å². The number of hydrogen-bond acceptors (Lipinski definition) is 1. The molecule has 0 bridgehead atoms. The van der Waals surface area contributed by atoms with Gasteiger partial charge in [0.25, 0.3) is 0 Å². The number of rotatable bonds is 3. The van der Waals surface area contributed by atoms with Crippen molar-refractivity contribution in [3.63, 3.8) is 0 Å². The molecule has 2 unspecified atom stereocenters. The zero-order valence-corrected chi connectivity index (χ0v) is 9.14. The zero-order chi connectivity index (χ0) is 9.68. The van der Waals surface area contributed by atoms with Crippen LogP contribution in [0.4, 0.5) is 0 Å². The smallest absolute Gasteiger partial charge is 0.0216 e. The minimum absolute atomic E-state index is 0.827. The highest BCUT2D eigenvalue weighted by atomic mass is 15.1. The summed E-state index contributed by atoms with van der Waals surface area (Å²) in [7, 11) is 2.24. The largest absolute Gasteiger partial charge is 0.302 e. The van der Waals surface area contributed by atoms with Gasteiger partial charge in [-0.25, -0.2) is 0 Å². The lowest BCUT2D eigenvalue weighted by atomic mass is 10.1. The second-order valence-corrected chi connectivity index (χ2v) is 4.23. The summed E-state index contributed by atoms with van der Waals surface area (Å²) < 4.78 is 0. The topological polar surface area (TPSA) is 3.24 Å². The molecule has 1 rings (SSSR count). The molecule has 0 aromatic carbocycles. The van der Waals surface area contributed by atoms with E-state index in [1.165, 1.54) is 19.3 Å². The molecule has 0 radical (unpaired) electrons. The average molecular weight is 179 g/mol. The summed E-state index contributed by atoms with van der Waals surface area (Å²) in [5.74, 6) is 7.00. The minimum atomic E-state index is 0.827. The molecule has 0 N–H and O–H groups in total. The Balaban J connectivity index is 2.22. The van der Waals surface area contributed by atoms with Gasteiger partial charge < -0.3 is 4.90 Å². The van der Waals surface area contributed by atoms with E-state index in [0.717, 1.165) is 24.9 Å². The molecule has 1 fully saturated rings. The lowest BCUT2D eigenvalue weighted by Gasteiger charge is -2.23. The maximum Gasteiger partial charge on any atom is 0.0216 e. The zero-order valence-electron chi connectivity index (χ0n) is 9.14. The van der Waals surface area contributed by atoms with Crippen molar-refractivity contribution in [2.75, 3.05) is 13.6 Å². The summed E-state index contributed by atoms with van der Waals surface area (Å²) in [5.41, 5.74) is 0. The van der Waals surface area contributed by atoms with Gasteiger partial charge in [-0.15, -0.1) is 11.8 Å². The number of hydrogen-bond donors (Lipinski definition) is 0. The lowest BCUT2D eigenvalue weighted by Crippen LogP contribution is -2.30. The molecule has 1 saturated carbocycles. The van der Waals surface area contributed by atoms with Crippen LogP contribution in [0.3, 0.4) is 0 Å². The van der Waals surface area contributed by atoms with E-state index in [0.29, 0.717) is 0 Å². The highest BCUT2D eigenvalue weighted by Gasteiger charge is 2.23. The molecule has 2 atom stereocenters. The van der Waals surface area contributed by atoms with Gasteiger partial charge in [-0.05, 0) is 39.2 Å². The summed E-state index contributed by atoms with van der Waals surface area (Å²) in [5, 5.41) is 0. The van der Waals surface area contributed by atoms with Gasteiger partial charge in [0.15, 0.2) is 0 Å². The fourth-order valence-electron chi connectivity index (χ4n) is 2.12. The monoisotopic (exact) mass is 179 g/mol. The van der Waals surface area contributed by atoms with Crippen molar-refractivity contribution in [1.82, 2.24) is 4.90 Å². The van der Waals surface area contributed by atoms with Gasteiger partial charge in [0, 0.05) is 19.0 Å². The standard InChI is InChI=1S/C12H21N/c1-4-5-6-9-13(3)12-8-7-11(2)10-12/h11-12H,6-10H2,1-3H3. The van der Waals surface area contributed by atoms with Crippen molar-refractivity contribution in [3.8, 4) is 11.8 Å². The molecule has 0 spiro atoms. The maximum atomic E-state index is 3.12. The SMILES string of the molecule is CC#CCCN(C)C1CCC(C)C1. The molecule has 1 aliphatic rings. The predicted molar refractivity (Wildman–Crippen MR) is 57.5 cm³/mol. The third-order valence-corrected chi connectivity index (χ3v) is 3.06. The Hall–Kier alpha value is -0.480. The summed E-state index contributed by atoms with van der Waals surface area (Å²) in [4.78, 5) is 2.48. The summed E-state index contributed by atoms with van der Waals surface area (Å²) in [6, 6.07) is 0.827. The first-order valence-electron chi connectivity index (χ1n) is 5.34. The van der Waals surface area contributed by atoms with Gasteiger partial charge >= 0.3 is 0 Å². The fourth-order valence-corrected chi connectivity index (χ4v) is 2.12. The summed E-state index contributed by atoms with van der Waals surface area (Å²) >= 11 is 0. The Labute approximate surface area is 82.5 Å².